The molecule has 98 valence electrons. The van der Waals surface area contributed by atoms with Crippen LogP contribution in [0.15, 0.2) is 0 Å². The molecule has 0 bridgehead atoms. The van der Waals surface area contributed by atoms with E-state index in [1.807, 2.05) is 0 Å². The van der Waals surface area contributed by atoms with Crippen molar-refractivity contribution in [3.05, 3.63) is 0 Å². The maximum atomic E-state index is 11.7. The molecule has 0 aliphatic rings. The molecule has 0 saturated carbocycles. The van der Waals surface area contributed by atoms with Gasteiger partial charge < -0.3 is 15.5 Å². The van der Waals surface area contributed by atoms with Gasteiger partial charge in [0.15, 0.2) is 5.78 Å². The van der Waals surface area contributed by atoms with Crippen LogP contribution in [0.3, 0.4) is 0 Å². The minimum absolute atomic E-state index is 0.224. The van der Waals surface area contributed by atoms with Crippen molar-refractivity contribution < 1.29 is 24.6 Å². The van der Waals surface area contributed by atoms with E-state index in [9.17, 15) is 14.4 Å². The lowest BCUT2D eigenvalue weighted by Crippen LogP contribution is -2.52. The van der Waals surface area contributed by atoms with Gasteiger partial charge in [0.05, 0.1) is 0 Å². The molecule has 0 radical (unpaired) electrons. The van der Waals surface area contributed by atoms with Crippen molar-refractivity contribution in [1.29, 1.82) is 0 Å². The lowest BCUT2D eigenvalue weighted by Gasteiger charge is -2.23. The number of carbonyl (C=O) groups excluding carboxylic acids is 1. The van der Waals surface area contributed by atoms with Crippen molar-refractivity contribution >= 4 is 17.7 Å². The van der Waals surface area contributed by atoms with E-state index in [0.717, 1.165) is 0 Å². The molecule has 0 fully saturated rings. The van der Waals surface area contributed by atoms with Crippen LogP contribution in [0.4, 0.5) is 0 Å². The zero-order chi connectivity index (χ0) is 13.7. The average Bonchev–Trinajstić information content (AvgIpc) is 2.14. The number of Topliss-reactive ketones (excluding diaryl/α,β-unsaturated/α-hetero) is 1. The van der Waals surface area contributed by atoms with Gasteiger partial charge in [-0.05, 0) is 0 Å². The summed E-state index contributed by atoms with van der Waals surface area (Å²) in [6.07, 6.45) is 0. The Morgan fingerprint density at radius 1 is 0.941 bits per heavy atom. The van der Waals surface area contributed by atoms with Crippen LogP contribution < -0.4 is 5.32 Å². The second kappa shape index (κ2) is 6.34. The summed E-state index contributed by atoms with van der Waals surface area (Å²) in [6.45, 7) is 6.47. The molecular formula is C11H19NO5. The van der Waals surface area contributed by atoms with E-state index >= 15 is 0 Å². The standard InChI is InChI=1S/C11H19NO5/c1-5(2)9(13)7(10(14)15)8(11(16)17)12-6(3)4/h5-8,12H,1-4H3,(H,14,15)(H,16,17). The predicted octanol–water partition coefficient (Wildman–Crippen LogP) is 0.363. The molecule has 0 saturated heterocycles. The molecule has 0 heterocycles. The van der Waals surface area contributed by atoms with Gasteiger partial charge in [-0.3, -0.25) is 14.4 Å². The van der Waals surface area contributed by atoms with Gasteiger partial charge in [0, 0.05) is 12.0 Å². The van der Waals surface area contributed by atoms with Gasteiger partial charge in [-0.2, -0.15) is 0 Å². The molecule has 2 unspecified atom stereocenters. The number of ketones is 1. The van der Waals surface area contributed by atoms with Crippen molar-refractivity contribution in [2.75, 3.05) is 0 Å². The summed E-state index contributed by atoms with van der Waals surface area (Å²) in [7, 11) is 0. The van der Waals surface area contributed by atoms with Crippen LogP contribution in [0.25, 0.3) is 0 Å². The van der Waals surface area contributed by atoms with Gasteiger partial charge in [-0.25, -0.2) is 0 Å². The Labute approximate surface area is 100 Å². The number of aliphatic carboxylic acids is 2. The van der Waals surface area contributed by atoms with E-state index in [2.05, 4.69) is 5.32 Å². The molecule has 0 aromatic heterocycles. The van der Waals surface area contributed by atoms with Crippen LogP contribution in [-0.2, 0) is 14.4 Å². The fourth-order valence-corrected chi connectivity index (χ4v) is 1.46. The lowest BCUT2D eigenvalue weighted by molar-refractivity contribution is -0.155. The Morgan fingerprint density at radius 3 is 1.65 bits per heavy atom. The number of carboxylic acid groups (broad SMARTS) is 2. The molecule has 2 atom stereocenters. The van der Waals surface area contributed by atoms with Gasteiger partial charge >= 0.3 is 11.9 Å². The van der Waals surface area contributed by atoms with Gasteiger partial charge in [0.1, 0.15) is 12.0 Å². The summed E-state index contributed by atoms with van der Waals surface area (Å²) in [5.41, 5.74) is 0. The summed E-state index contributed by atoms with van der Waals surface area (Å²) in [6, 6.07) is -1.62. The Kier molecular flexibility index (Phi) is 5.81. The SMILES string of the molecule is CC(C)NC(C(=O)O)C(C(=O)O)C(=O)C(C)C. The third-order valence-electron chi connectivity index (χ3n) is 2.25. The second-order valence-electron chi connectivity index (χ2n) is 4.51. The minimum Gasteiger partial charge on any atom is -0.481 e. The Balaban J connectivity index is 5.17. The van der Waals surface area contributed by atoms with Crippen molar-refractivity contribution in [3.8, 4) is 0 Å². The van der Waals surface area contributed by atoms with Gasteiger partial charge in [0.25, 0.3) is 0 Å². The van der Waals surface area contributed by atoms with E-state index in [1.165, 1.54) is 0 Å². The average molecular weight is 245 g/mol. The predicted molar refractivity (Wildman–Crippen MR) is 60.7 cm³/mol. The van der Waals surface area contributed by atoms with Crippen LogP contribution >= 0.6 is 0 Å². The smallest absolute Gasteiger partial charge is 0.322 e. The molecule has 6 heteroatoms. The first-order valence-electron chi connectivity index (χ1n) is 5.43. The molecule has 0 amide bonds. The maximum Gasteiger partial charge on any atom is 0.322 e. The molecule has 0 aliphatic carbocycles. The minimum atomic E-state index is -1.56. The Morgan fingerprint density at radius 2 is 1.41 bits per heavy atom. The molecule has 0 rings (SSSR count). The fourth-order valence-electron chi connectivity index (χ4n) is 1.46. The van der Waals surface area contributed by atoms with Crippen molar-refractivity contribution in [1.82, 2.24) is 5.32 Å². The first-order chi connectivity index (χ1) is 7.68. The Bertz CT molecular complexity index is 311. The number of hydrogen-bond donors (Lipinski definition) is 3. The van der Waals surface area contributed by atoms with Gasteiger partial charge in [-0.15, -0.1) is 0 Å². The second-order valence-corrected chi connectivity index (χ2v) is 4.51. The van der Waals surface area contributed by atoms with E-state index in [-0.39, 0.29) is 6.04 Å². The highest BCUT2D eigenvalue weighted by Gasteiger charge is 2.40. The third kappa shape index (κ3) is 4.52. The van der Waals surface area contributed by atoms with Gasteiger partial charge in [0.2, 0.25) is 0 Å². The first-order valence-corrected chi connectivity index (χ1v) is 5.43. The molecule has 3 N–H and O–H groups in total. The van der Waals surface area contributed by atoms with Gasteiger partial charge in [-0.1, -0.05) is 27.7 Å². The van der Waals surface area contributed by atoms with E-state index in [0.29, 0.717) is 0 Å². The normalized spacial score (nSPS) is 14.7. The van der Waals surface area contributed by atoms with Crippen molar-refractivity contribution in [3.63, 3.8) is 0 Å². The highest BCUT2D eigenvalue weighted by molar-refractivity contribution is 6.03. The van der Waals surface area contributed by atoms with Crippen LogP contribution in [0.2, 0.25) is 0 Å². The first kappa shape index (κ1) is 15.6. The molecule has 6 nitrogen and oxygen atoms in total. The van der Waals surface area contributed by atoms with E-state index in [4.69, 9.17) is 10.2 Å². The molecule has 0 aromatic rings. The summed E-state index contributed by atoms with van der Waals surface area (Å²) in [4.78, 5) is 33.8. The molecule has 0 aromatic carbocycles. The summed E-state index contributed by atoms with van der Waals surface area (Å²) in [5.74, 6) is -5.41. The zero-order valence-electron chi connectivity index (χ0n) is 10.4. The molecule has 0 aliphatic heterocycles. The summed E-state index contributed by atoms with van der Waals surface area (Å²) < 4.78 is 0. The maximum absolute atomic E-state index is 11.7. The number of carboxylic acids is 2. The van der Waals surface area contributed by atoms with Crippen LogP contribution in [0, 0.1) is 11.8 Å². The molecule has 17 heavy (non-hydrogen) atoms. The van der Waals surface area contributed by atoms with Crippen LogP contribution in [0.5, 0.6) is 0 Å². The van der Waals surface area contributed by atoms with E-state index in [1.54, 1.807) is 27.7 Å². The molecular weight excluding hydrogens is 226 g/mol. The highest BCUT2D eigenvalue weighted by atomic mass is 16.4. The fraction of sp³-hybridized carbons (Fsp3) is 0.727. The highest BCUT2D eigenvalue weighted by Crippen LogP contribution is 2.13. The quantitative estimate of drug-likeness (QED) is 0.560. The topological polar surface area (TPSA) is 104 Å². The molecule has 0 spiro atoms. The van der Waals surface area contributed by atoms with Crippen LogP contribution in [0.1, 0.15) is 27.7 Å². The summed E-state index contributed by atoms with van der Waals surface area (Å²) >= 11 is 0. The monoisotopic (exact) mass is 245 g/mol. The largest absolute Gasteiger partial charge is 0.481 e. The lowest BCUT2D eigenvalue weighted by atomic mass is 9.88. The third-order valence-corrected chi connectivity index (χ3v) is 2.25. The Hall–Kier alpha value is -1.43. The zero-order valence-corrected chi connectivity index (χ0v) is 10.4. The number of carbonyl (C=O) groups is 3. The van der Waals surface area contributed by atoms with Crippen LogP contribution in [-0.4, -0.2) is 40.0 Å². The van der Waals surface area contributed by atoms with Crippen molar-refractivity contribution in [2.24, 2.45) is 11.8 Å². The number of nitrogens with one attached hydrogen (secondary N) is 1. The number of hydrogen-bond acceptors (Lipinski definition) is 4. The van der Waals surface area contributed by atoms with E-state index < -0.39 is 35.6 Å². The number of rotatable bonds is 7. The summed E-state index contributed by atoms with van der Waals surface area (Å²) in [5, 5.41) is 20.6. The van der Waals surface area contributed by atoms with Crippen molar-refractivity contribution in [2.45, 2.75) is 39.8 Å².